The fraction of sp³-hybridized carbons (Fsp3) is 0.333. The van der Waals surface area contributed by atoms with Crippen LogP contribution in [0.3, 0.4) is 0 Å². The maximum absolute atomic E-state index is 6.06. The fourth-order valence-corrected chi connectivity index (χ4v) is 2.38. The van der Waals surface area contributed by atoms with Crippen molar-refractivity contribution in [1.82, 2.24) is 10.2 Å². The number of hydrogen-bond donors (Lipinski definition) is 0. The van der Waals surface area contributed by atoms with Gasteiger partial charge < -0.3 is 4.42 Å². The summed E-state index contributed by atoms with van der Waals surface area (Å²) in [6, 6.07) is 7.45. The van der Waals surface area contributed by atoms with Crippen molar-refractivity contribution < 1.29 is 4.42 Å². The van der Waals surface area contributed by atoms with E-state index in [2.05, 4.69) is 17.1 Å². The smallest absolute Gasteiger partial charge is 0.276 e. The second-order valence-electron chi connectivity index (χ2n) is 3.55. The van der Waals surface area contributed by atoms with E-state index in [-0.39, 0.29) is 0 Å². The zero-order valence-electron chi connectivity index (χ0n) is 9.52. The number of halogens is 1. The van der Waals surface area contributed by atoms with E-state index in [0.717, 1.165) is 17.7 Å². The van der Waals surface area contributed by atoms with Crippen molar-refractivity contribution in [2.24, 2.45) is 0 Å². The van der Waals surface area contributed by atoms with E-state index in [0.29, 0.717) is 16.1 Å². The summed E-state index contributed by atoms with van der Waals surface area (Å²) in [6.07, 6.45) is 2.31. The molecule has 17 heavy (non-hydrogen) atoms. The third kappa shape index (κ3) is 3.23. The molecule has 0 atom stereocenters. The molecule has 0 saturated carbocycles. The van der Waals surface area contributed by atoms with Crippen molar-refractivity contribution in [3.63, 3.8) is 0 Å². The van der Waals surface area contributed by atoms with E-state index in [1.807, 2.05) is 24.3 Å². The fourth-order valence-electron chi connectivity index (χ4n) is 1.32. The number of thioether (sulfide) groups is 1. The molecule has 0 fully saturated rings. The number of nitrogens with zero attached hydrogens (tertiary/aromatic N) is 2. The lowest BCUT2D eigenvalue weighted by molar-refractivity contribution is 0.466. The monoisotopic (exact) mass is 268 g/mol. The first-order valence-electron chi connectivity index (χ1n) is 5.52. The highest BCUT2D eigenvalue weighted by atomic mass is 35.5. The molecule has 0 saturated heterocycles. The molecule has 0 aliphatic rings. The molecule has 1 aromatic heterocycles. The van der Waals surface area contributed by atoms with Crippen molar-refractivity contribution in [3.8, 4) is 11.5 Å². The molecular weight excluding hydrogens is 256 g/mol. The quantitative estimate of drug-likeness (QED) is 0.599. The second kappa shape index (κ2) is 6.07. The SMILES string of the molecule is CCCCSc1nnc(-c2ccccc2Cl)o1. The van der Waals surface area contributed by atoms with Crippen molar-refractivity contribution in [3.05, 3.63) is 29.3 Å². The average Bonchev–Trinajstić information content (AvgIpc) is 2.79. The minimum Gasteiger partial charge on any atom is -0.411 e. The molecule has 3 nitrogen and oxygen atoms in total. The molecule has 0 unspecified atom stereocenters. The summed E-state index contributed by atoms with van der Waals surface area (Å²) in [5.74, 6) is 1.48. The van der Waals surface area contributed by atoms with Crippen LogP contribution in [-0.2, 0) is 0 Å². The largest absolute Gasteiger partial charge is 0.411 e. The van der Waals surface area contributed by atoms with Crippen molar-refractivity contribution in [1.29, 1.82) is 0 Å². The molecule has 90 valence electrons. The van der Waals surface area contributed by atoms with Gasteiger partial charge in [-0.25, -0.2) is 0 Å². The Balaban J connectivity index is 2.10. The van der Waals surface area contributed by atoms with Gasteiger partial charge in [-0.05, 0) is 18.6 Å². The number of benzene rings is 1. The van der Waals surface area contributed by atoms with Crippen LogP contribution in [0.2, 0.25) is 5.02 Å². The second-order valence-corrected chi connectivity index (χ2v) is 5.01. The highest BCUT2D eigenvalue weighted by molar-refractivity contribution is 7.99. The van der Waals surface area contributed by atoms with Crippen LogP contribution in [0.15, 0.2) is 33.9 Å². The van der Waals surface area contributed by atoms with Crippen molar-refractivity contribution in [2.75, 3.05) is 5.75 Å². The molecule has 0 bridgehead atoms. The summed E-state index contributed by atoms with van der Waals surface area (Å²) in [5, 5.41) is 9.23. The molecule has 0 aliphatic heterocycles. The maximum atomic E-state index is 6.06. The Morgan fingerprint density at radius 3 is 2.88 bits per heavy atom. The minimum atomic E-state index is 0.481. The van der Waals surface area contributed by atoms with Crippen LogP contribution < -0.4 is 0 Å². The van der Waals surface area contributed by atoms with E-state index in [4.69, 9.17) is 16.0 Å². The number of unbranched alkanes of at least 4 members (excludes halogenated alkanes) is 1. The predicted molar refractivity (Wildman–Crippen MR) is 70.4 cm³/mol. The van der Waals surface area contributed by atoms with Gasteiger partial charge in [0, 0.05) is 5.75 Å². The summed E-state index contributed by atoms with van der Waals surface area (Å²) in [6.45, 7) is 2.16. The van der Waals surface area contributed by atoms with Gasteiger partial charge >= 0.3 is 0 Å². The van der Waals surface area contributed by atoms with Gasteiger partial charge in [0.25, 0.3) is 5.22 Å². The third-order valence-corrected chi connectivity index (χ3v) is 3.47. The van der Waals surface area contributed by atoms with Crippen LogP contribution in [-0.4, -0.2) is 16.0 Å². The van der Waals surface area contributed by atoms with E-state index >= 15 is 0 Å². The van der Waals surface area contributed by atoms with Gasteiger partial charge in [0.05, 0.1) is 10.6 Å². The molecule has 2 aromatic rings. The number of rotatable bonds is 5. The third-order valence-electron chi connectivity index (χ3n) is 2.23. The highest BCUT2D eigenvalue weighted by Crippen LogP contribution is 2.28. The number of aromatic nitrogens is 2. The minimum absolute atomic E-state index is 0.481. The molecule has 5 heteroatoms. The van der Waals surface area contributed by atoms with Gasteiger partial charge in [-0.3, -0.25) is 0 Å². The zero-order valence-corrected chi connectivity index (χ0v) is 11.1. The zero-order chi connectivity index (χ0) is 12.1. The lowest BCUT2D eigenvalue weighted by Gasteiger charge is -1.96. The van der Waals surface area contributed by atoms with Crippen LogP contribution in [0.25, 0.3) is 11.5 Å². The van der Waals surface area contributed by atoms with Gasteiger partial charge in [0.2, 0.25) is 5.89 Å². The Morgan fingerprint density at radius 2 is 2.12 bits per heavy atom. The first-order chi connectivity index (χ1) is 8.31. The van der Waals surface area contributed by atoms with Gasteiger partial charge in [0.1, 0.15) is 0 Å². The molecule has 0 aliphatic carbocycles. The molecule has 1 aromatic carbocycles. The van der Waals surface area contributed by atoms with Gasteiger partial charge in [-0.2, -0.15) is 0 Å². The highest BCUT2D eigenvalue weighted by Gasteiger charge is 2.11. The Morgan fingerprint density at radius 1 is 1.29 bits per heavy atom. The van der Waals surface area contributed by atoms with Crippen LogP contribution in [0.1, 0.15) is 19.8 Å². The summed E-state index contributed by atoms with van der Waals surface area (Å²) in [5.41, 5.74) is 0.781. The maximum Gasteiger partial charge on any atom is 0.276 e. The Kier molecular flexibility index (Phi) is 4.45. The number of hydrogen-bond acceptors (Lipinski definition) is 4. The Bertz CT molecular complexity index is 487. The molecule has 1 heterocycles. The van der Waals surface area contributed by atoms with Crippen molar-refractivity contribution in [2.45, 2.75) is 25.0 Å². The first kappa shape index (κ1) is 12.5. The predicted octanol–water partition coefficient (Wildman–Crippen LogP) is 4.28. The molecule has 0 spiro atoms. The van der Waals surface area contributed by atoms with Crippen LogP contribution in [0.4, 0.5) is 0 Å². The van der Waals surface area contributed by atoms with Gasteiger partial charge in [-0.1, -0.05) is 48.8 Å². The van der Waals surface area contributed by atoms with E-state index in [1.165, 1.54) is 6.42 Å². The summed E-state index contributed by atoms with van der Waals surface area (Å²) >= 11 is 7.64. The lowest BCUT2D eigenvalue weighted by atomic mass is 10.2. The average molecular weight is 269 g/mol. The van der Waals surface area contributed by atoms with E-state index in [9.17, 15) is 0 Å². The lowest BCUT2D eigenvalue weighted by Crippen LogP contribution is -1.78. The van der Waals surface area contributed by atoms with Gasteiger partial charge in [-0.15, -0.1) is 10.2 Å². The van der Waals surface area contributed by atoms with Crippen LogP contribution in [0.5, 0.6) is 0 Å². The first-order valence-corrected chi connectivity index (χ1v) is 6.89. The topological polar surface area (TPSA) is 38.9 Å². The normalized spacial score (nSPS) is 10.7. The molecular formula is C12H13ClN2OS. The van der Waals surface area contributed by atoms with Gasteiger partial charge in [0.15, 0.2) is 0 Å². The Labute approximate surface area is 110 Å². The van der Waals surface area contributed by atoms with E-state index in [1.54, 1.807) is 11.8 Å². The summed E-state index contributed by atoms with van der Waals surface area (Å²) in [4.78, 5) is 0. The van der Waals surface area contributed by atoms with Crippen LogP contribution >= 0.6 is 23.4 Å². The molecule has 2 rings (SSSR count). The Hall–Kier alpha value is -1.00. The van der Waals surface area contributed by atoms with E-state index < -0.39 is 0 Å². The van der Waals surface area contributed by atoms with Crippen molar-refractivity contribution >= 4 is 23.4 Å². The molecule has 0 radical (unpaired) electrons. The molecule has 0 N–H and O–H groups in total. The summed E-state index contributed by atoms with van der Waals surface area (Å²) in [7, 11) is 0. The van der Waals surface area contributed by atoms with Crippen LogP contribution in [0, 0.1) is 0 Å². The summed E-state index contributed by atoms with van der Waals surface area (Å²) < 4.78 is 5.55. The molecule has 0 amide bonds. The standard InChI is InChI=1S/C12H13ClN2OS/c1-2-3-8-17-12-15-14-11(16-12)9-6-4-5-7-10(9)13/h4-7H,2-3,8H2,1H3.